The lowest BCUT2D eigenvalue weighted by Gasteiger charge is -2.17. The summed E-state index contributed by atoms with van der Waals surface area (Å²) in [6.45, 7) is 2.13. The van der Waals surface area contributed by atoms with Gasteiger partial charge in [0.15, 0.2) is 0 Å². The zero-order valence-corrected chi connectivity index (χ0v) is 13.3. The Bertz CT molecular complexity index is 746. The number of nitrogens with zero attached hydrogens (tertiary/aromatic N) is 1. The van der Waals surface area contributed by atoms with Gasteiger partial charge in [-0.25, -0.2) is 0 Å². The van der Waals surface area contributed by atoms with Crippen LogP contribution in [0.1, 0.15) is 18.4 Å². The number of allylic oxidation sites excluding steroid dienone is 4. The van der Waals surface area contributed by atoms with Crippen LogP contribution in [0, 0.1) is 5.92 Å². The lowest BCUT2D eigenvalue weighted by atomic mass is 10.0. The molecular formula is C18H16ClNO3. The van der Waals surface area contributed by atoms with E-state index in [2.05, 4.69) is 0 Å². The average Bonchev–Trinajstić information content (AvgIpc) is 2.71. The Kier molecular flexibility index (Phi) is 4.09. The first-order valence-electron chi connectivity index (χ1n) is 7.36. The molecule has 1 heterocycles. The number of rotatable bonds is 3. The molecule has 1 saturated heterocycles. The van der Waals surface area contributed by atoms with Gasteiger partial charge in [-0.2, -0.15) is 0 Å². The van der Waals surface area contributed by atoms with Gasteiger partial charge in [-0.3, -0.25) is 9.59 Å². The third-order valence-electron chi connectivity index (χ3n) is 4.23. The number of carboxylic acids is 1. The molecule has 0 saturated carbocycles. The van der Waals surface area contributed by atoms with E-state index < -0.39 is 11.9 Å². The Hall–Kier alpha value is -2.33. The first kappa shape index (κ1) is 15.6. The fourth-order valence-corrected chi connectivity index (χ4v) is 3.03. The highest BCUT2D eigenvalue weighted by molar-refractivity contribution is 6.31. The van der Waals surface area contributed by atoms with E-state index in [-0.39, 0.29) is 11.8 Å². The minimum Gasteiger partial charge on any atom is -0.481 e. The van der Waals surface area contributed by atoms with E-state index in [0.29, 0.717) is 17.1 Å². The normalized spacial score (nSPS) is 21.4. The Morgan fingerprint density at radius 3 is 2.70 bits per heavy atom. The summed E-state index contributed by atoms with van der Waals surface area (Å²) in [5, 5.41) is 9.66. The summed E-state index contributed by atoms with van der Waals surface area (Å²) in [6.07, 6.45) is 7.26. The van der Waals surface area contributed by atoms with Crippen molar-refractivity contribution in [3.05, 3.63) is 64.7 Å². The van der Waals surface area contributed by atoms with Crippen LogP contribution in [-0.2, 0) is 9.59 Å². The van der Waals surface area contributed by atoms with E-state index in [1.165, 1.54) is 0 Å². The third kappa shape index (κ3) is 2.94. The molecule has 5 heteroatoms. The molecule has 1 aliphatic carbocycles. The highest BCUT2D eigenvalue weighted by atomic mass is 35.5. The van der Waals surface area contributed by atoms with E-state index in [4.69, 9.17) is 16.7 Å². The number of fused-ring (bicyclic) bond motifs is 1. The van der Waals surface area contributed by atoms with Crippen LogP contribution >= 0.6 is 11.6 Å². The van der Waals surface area contributed by atoms with Gasteiger partial charge in [-0.05, 0) is 42.3 Å². The Balaban J connectivity index is 1.86. The van der Waals surface area contributed by atoms with Crippen LogP contribution in [0.5, 0.6) is 0 Å². The second-order valence-electron chi connectivity index (χ2n) is 5.71. The fraction of sp³-hybridized carbons (Fsp3) is 0.222. The van der Waals surface area contributed by atoms with Crippen LogP contribution < -0.4 is 4.90 Å². The highest BCUT2D eigenvalue weighted by Gasteiger charge is 2.35. The van der Waals surface area contributed by atoms with Crippen molar-refractivity contribution in [3.8, 4) is 0 Å². The zero-order valence-electron chi connectivity index (χ0n) is 12.6. The van der Waals surface area contributed by atoms with Gasteiger partial charge in [0.05, 0.1) is 11.8 Å². The molecule has 0 aromatic heterocycles. The Morgan fingerprint density at radius 2 is 2.04 bits per heavy atom. The van der Waals surface area contributed by atoms with E-state index in [1.807, 2.05) is 12.2 Å². The third-order valence-corrected chi connectivity index (χ3v) is 4.46. The molecule has 4 nitrogen and oxygen atoms in total. The molecule has 0 radical (unpaired) electrons. The second kappa shape index (κ2) is 6.05. The van der Waals surface area contributed by atoms with Crippen molar-refractivity contribution in [2.75, 3.05) is 11.4 Å². The summed E-state index contributed by atoms with van der Waals surface area (Å²) in [7, 11) is 0. The lowest BCUT2D eigenvalue weighted by molar-refractivity contribution is -0.138. The molecule has 1 amide bonds. The topological polar surface area (TPSA) is 57.6 Å². The first-order valence-corrected chi connectivity index (χ1v) is 7.74. The van der Waals surface area contributed by atoms with Crippen molar-refractivity contribution >= 4 is 29.2 Å². The van der Waals surface area contributed by atoms with Gasteiger partial charge in [0.2, 0.25) is 5.91 Å². The number of hydrogen-bond acceptors (Lipinski definition) is 2. The van der Waals surface area contributed by atoms with Crippen LogP contribution in [-0.4, -0.2) is 23.5 Å². The molecule has 2 atom stereocenters. The molecule has 1 N–H and O–H groups in total. The number of halogens is 1. The van der Waals surface area contributed by atoms with Crippen molar-refractivity contribution < 1.29 is 14.7 Å². The van der Waals surface area contributed by atoms with Gasteiger partial charge in [0.25, 0.3) is 0 Å². The molecule has 2 aliphatic rings. The largest absolute Gasteiger partial charge is 0.481 e. The summed E-state index contributed by atoms with van der Waals surface area (Å²) in [5.74, 6) is -1.71. The molecule has 1 fully saturated rings. The maximum Gasteiger partial charge on any atom is 0.310 e. The summed E-state index contributed by atoms with van der Waals surface area (Å²) in [5.41, 5.74) is 2.44. The minimum atomic E-state index is -0.867. The van der Waals surface area contributed by atoms with Gasteiger partial charge in [0.1, 0.15) is 0 Å². The van der Waals surface area contributed by atoms with Crippen LogP contribution in [0.4, 0.5) is 5.69 Å². The maximum atomic E-state index is 12.6. The van der Waals surface area contributed by atoms with Crippen LogP contribution in [0.2, 0.25) is 0 Å². The van der Waals surface area contributed by atoms with Gasteiger partial charge in [-0.15, -0.1) is 0 Å². The Morgan fingerprint density at radius 1 is 1.35 bits per heavy atom. The van der Waals surface area contributed by atoms with Crippen molar-refractivity contribution in [1.29, 1.82) is 0 Å². The van der Waals surface area contributed by atoms with E-state index >= 15 is 0 Å². The molecule has 23 heavy (non-hydrogen) atoms. The van der Waals surface area contributed by atoms with E-state index in [0.717, 1.165) is 11.3 Å². The van der Waals surface area contributed by atoms with Crippen molar-refractivity contribution in [3.63, 3.8) is 0 Å². The number of anilines is 1. The predicted octanol–water partition coefficient (Wildman–Crippen LogP) is 3.46. The zero-order chi connectivity index (χ0) is 16.6. The second-order valence-corrected chi connectivity index (χ2v) is 6.15. The standard InChI is InChI=1S/C18H16ClNO3/c1-11(18(22)23)12-5-7-15(8-6-12)20-10-13-9-14(19)3-2-4-16(13)17(20)21/h2-9,11,16H,10H2,1H3,(H,22,23). The fourth-order valence-electron chi connectivity index (χ4n) is 2.81. The van der Waals surface area contributed by atoms with E-state index in [1.54, 1.807) is 48.2 Å². The summed E-state index contributed by atoms with van der Waals surface area (Å²) in [4.78, 5) is 25.3. The van der Waals surface area contributed by atoms with Crippen molar-refractivity contribution in [2.24, 2.45) is 5.92 Å². The Labute approximate surface area is 139 Å². The summed E-state index contributed by atoms with van der Waals surface area (Å²) >= 11 is 6.06. The van der Waals surface area contributed by atoms with Gasteiger partial charge >= 0.3 is 5.97 Å². The molecule has 1 aliphatic heterocycles. The summed E-state index contributed by atoms with van der Waals surface area (Å²) in [6, 6.07) is 7.10. The molecule has 3 rings (SSSR count). The van der Waals surface area contributed by atoms with Gasteiger partial charge in [0, 0.05) is 17.3 Å². The van der Waals surface area contributed by atoms with Crippen LogP contribution in [0.15, 0.2) is 59.2 Å². The van der Waals surface area contributed by atoms with Crippen LogP contribution in [0.3, 0.4) is 0 Å². The molecule has 1 aromatic carbocycles. The number of hydrogen-bond donors (Lipinski definition) is 1. The smallest absolute Gasteiger partial charge is 0.310 e. The predicted molar refractivity (Wildman–Crippen MR) is 89.5 cm³/mol. The molecule has 2 unspecified atom stereocenters. The highest BCUT2D eigenvalue weighted by Crippen LogP contribution is 2.33. The van der Waals surface area contributed by atoms with Gasteiger partial charge in [-0.1, -0.05) is 35.9 Å². The quantitative estimate of drug-likeness (QED) is 0.924. The number of aliphatic carboxylic acids is 1. The SMILES string of the molecule is CC(C(=O)O)c1ccc(N2CC3=CC(Cl)=CC=CC3C2=O)cc1. The number of carboxylic acid groups (broad SMARTS) is 1. The molecule has 0 spiro atoms. The minimum absolute atomic E-state index is 0.00583. The van der Waals surface area contributed by atoms with Crippen molar-refractivity contribution in [2.45, 2.75) is 12.8 Å². The molecule has 0 bridgehead atoms. The summed E-state index contributed by atoms with van der Waals surface area (Å²) < 4.78 is 0. The molecular weight excluding hydrogens is 314 g/mol. The number of carbonyl (C=O) groups is 2. The van der Waals surface area contributed by atoms with Gasteiger partial charge < -0.3 is 10.0 Å². The van der Waals surface area contributed by atoms with Crippen LogP contribution in [0.25, 0.3) is 0 Å². The first-order chi connectivity index (χ1) is 11.0. The number of carbonyl (C=O) groups excluding carboxylic acids is 1. The van der Waals surface area contributed by atoms with Crippen molar-refractivity contribution in [1.82, 2.24) is 0 Å². The lowest BCUT2D eigenvalue weighted by Crippen LogP contribution is -2.26. The molecule has 1 aromatic rings. The average molecular weight is 330 g/mol. The number of benzene rings is 1. The number of amides is 1. The monoisotopic (exact) mass is 329 g/mol. The molecule has 118 valence electrons. The maximum absolute atomic E-state index is 12.6. The van der Waals surface area contributed by atoms with E-state index in [9.17, 15) is 9.59 Å².